The Morgan fingerprint density at radius 2 is 1.88 bits per heavy atom. The first-order valence-electron chi connectivity index (χ1n) is 11.1. The molecule has 0 atom stereocenters. The molecule has 0 bridgehead atoms. The molecule has 1 aromatic carbocycles. The quantitative estimate of drug-likeness (QED) is 0.510. The van der Waals surface area contributed by atoms with E-state index in [1.807, 2.05) is 39.0 Å². The number of hydrogen-bond acceptors (Lipinski definition) is 5. The predicted molar refractivity (Wildman–Crippen MR) is 126 cm³/mol. The fourth-order valence-electron chi connectivity index (χ4n) is 3.94. The zero-order chi connectivity index (χ0) is 23.7. The number of benzene rings is 1. The number of H-pyrrole nitrogens is 1. The summed E-state index contributed by atoms with van der Waals surface area (Å²) in [6, 6.07) is 7.30. The maximum Gasteiger partial charge on any atom is 0.329 e. The van der Waals surface area contributed by atoms with Gasteiger partial charge in [-0.1, -0.05) is 25.1 Å². The van der Waals surface area contributed by atoms with E-state index in [4.69, 9.17) is 0 Å². The first-order chi connectivity index (χ1) is 15.8. The van der Waals surface area contributed by atoms with Crippen molar-refractivity contribution in [1.82, 2.24) is 19.9 Å². The molecule has 2 heterocycles. The molecule has 9 heteroatoms. The highest BCUT2D eigenvalue weighted by molar-refractivity contribution is 6.07. The van der Waals surface area contributed by atoms with Gasteiger partial charge in [0.05, 0.1) is 17.5 Å². The summed E-state index contributed by atoms with van der Waals surface area (Å²) in [5.74, 6) is -0.732. The van der Waals surface area contributed by atoms with E-state index in [-0.39, 0.29) is 35.0 Å². The van der Waals surface area contributed by atoms with Crippen LogP contribution in [0.15, 0.2) is 33.9 Å². The van der Waals surface area contributed by atoms with Crippen molar-refractivity contribution in [1.29, 1.82) is 0 Å². The molecule has 172 valence electrons. The molecule has 0 saturated heterocycles. The monoisotopic (exact) mass is 449 g/mol. The van der Waals surface area contributed by atoms with Crippen LogP contribution in [0.3, 0.4) is 0 Å². The minimum atomic E-state index is -0.665. The first-order valence-corrected chi connectivity index (χ1v) is 11.1. The first kappa shape index (κ1) is 22.4. The van der Waals surface area contributed by atoms with E-state index in [1.54, 1.807) is 6.07 Å². The van der Waals surface area contributed by atoms with Gasteiger partial charge in [-0.05, 0) is 50.3 Å². The Bertz CT molecular complexity index is 1350. The molecule has 0 unspecified atom stereocenters. The Morgan fingerprint density at radius 1 is 1.18 bits per heavy atom. The van der Waals surface area contributed by atoms with Crippen LogP contribution in [-0.2, 0) is 11.3 Å². The minimum absolute atomic E-state index is 0.0557. The van der Waals surface area contributed by atoms with E-state index < -0.39 is 17.2 Å². The molecule has 0 spiro atoms. The van der Waals surface area contributed by atoms with Gasteiger partial charge in [0, 0.05) is 23.8 Å². The number of aromatic amines is 1. The van der Waals surface area contributed by atoms with E-state index in [0.717, 1.165) is 24.0 Å². The van der Waals surface area contributed by atoms with E-state index in [1.165, 1.54) is 4.57 Å². The maximum absolute atomic E-state index is 13.1. The fourth-order valence-corrected chi connectivity index (χ4v) is 3.94. The Hall–Kier alpha value is -3.75. The molecule has 3 N–H and O–H groups in total. The van der Waals surface area contributed by atoms with E-state index in [9.17, 15) is 19.2 Å². The molecule has 2 aromatic heterocycles. The molecule has 1 aliphatic carbocycles. The van der Waals surface area contributed by atoms with Crippen LogP contribution in [0.2, 0.25) is 0 Å². The maximum atomic E-state index is 13.1. The van der Waals surface area contributed by atoms with Crippen LogP contribution < -0.4 is 21.9 Å². The standard InChI is InChI=1S/C24H27N5O4/c1-4-10-29-21-19(23(32)28-24(29)33)16(11-17(26-21)15-8-9-15)22(31)25-12-18(30)27-20-13(2)6-5-7-14(20)3/h5-7,11,15H,4,8-10,12H2,1-3H3,(H,25,31)(H,27,30)(H,28,32,33). The zero-order valence-electron chi connectivity index (χ0n) is 18.9. The van der Waals surface area contributed by atoms with Crippen LogP contribution in [0.5, 0.6) is 0 Å². The summed E-state index contributed by atoms with van der Waals surface area (Å²) in [5, 5.41) is 5.49. The van der Waals surface area contributed by atoms with Gasteiger partial charge in [0.15, 0.2) is 5.65 Å². The second-order valence-electron chi connectivity index (χ2n) is 8.48. The lowest BCUT2D eigenvalue weighted by Crippen LogP contribution is -2.36. The van der Waals surface area contributed by atoms with Crippen molar-refractivity contribution in [3.05, 3.63) is 67.5 Å². The van der Waals surface area contributed by atoms with Gasteiger partial charge in [-0.2, -0.15) is 0 Å². The van der Waals surface area contributed by atoms with E-state index in [2.05, 4.69) is 20.6 Å². The highest BCUT2D eigenvalue weighted by atomic mass is 16.2. The van der Waals surface area contributed by atoms with Crippen molar-refractivity contribution < 1.29 is 9.59 Å². The number of para-hydroxylation sites is 1. The number of hydrogen-bond donors (Lipinski definition) is 3. The molecule has 2 amide bonds. The van der Waals surface area contributed by atoms with Gasteiger partial charge in [0.1, 0.15) is 0 Å². The average molecular weight is 450 g/mol. The van der Waals surface area contributed by atoms with Gasteiger partial charge in [0.2, 0.25) is 5.91 Å². The fraction of sp³-hybridized carbons (Fsp3) is 0.375. The van der Waals surface area contributed by atoms with Crippen LogP contribution in [0, 0.1) is 13.8 Å². The topological polar surface area (TPSA) is 126 Å². The number of carbonyl (C=O) groups excluding carboxylic acids is 2. The number of nitrogens with zero attached hydrogens (tertiary/aromatic N) is 2. The molecule has 0 radical (unpaired) electrons. The Kier molecular flexibility index (Phi) is 6.13. The average Bonchev–Trinajstić information content (AvgIpc) is 3.62. The number of aryl methyl sites for hydroxylation is 3. The van der Waals surface area contributed by atoms with Gasteiger partial charge in [-0.3, -0.25) is 23.9 Å². The molecule has 33 heavy (non-hydrogen) atoms. The Morgan fingerprint density at radius 3 is 2.52 bits per heavy atom. The minimum Gasteiger partial charge on any atom is -0.343 e. The zero-order valence-corrected chi connectivity index (χ0v) is 18.9. The molecule has 3 aromatic rings. The van der Waals surface area contributed by atoms with Crippen LogP contribution in [0.4, 0.5) is 5.69 Å². The number of rotatable bonds is 7. The van der Waals surface area contributed by atoms with Crippen molar-refractivity contribution in [3.63, 3.8) is 0 Å². The number of aromatic nitrogens is 3. The Labute approximate surface area is 190 Å². The summed E-state index contributed by atoms with van der Waals surface area (Å²) in [4.78, 5) is 57.5. The summed E-state index contributed by atoms with van der Waals surface area (Å²) in [6.07, 6.45) is 2.55. The summed E-state index contributed by atoms with van der Waals surface area (Å²) in [5.41, 5.74) is 2.35. The van der Waals surface area contributed by atoms with Crippen molar-refractivity contribution in [2.75, 3.05) is 11.9 Å². The third kappa shape index (κ3) is 4.57. The van der Waals surface area contributed by atoms with Crippen LogP contribution >= 0.6 is 0 Å². The highest BCUT2D eigenvalue weighted by Gasteiger charge is 2.28. The molecule has 1 saturated carbocycles. The lowest BCUT2D eigenvalue weighted by molar-refractivity contribution is -0.115. The third-order valence-electron chi connectivity index (χ3n) is 5.81. The smallest absolute Gasteiger partial charge is 0.329 e. The van der Waals surface area contributed by atoms with Crippen LogP contribution in [0.1, 0.15) is 59.3 Å². The van der Waals surface area contributed by atoms with Gasteiger partial charge in [0.25, 0.3) is 11.5 Å². The van der Waals surface area contributed by atoms with Gasteiger partial charge >= 0.3 is 5.69 Å². The normalized spacial score (nSPS) is 13.2. The lowest BCUT2D eigenvalue weighted by Gasteiger charge is -2.14. The van der Waals surface area contributed by atoms with Crippen molar-refractivity contribution in [3.8, 4) is 0 Å². The van der Waals surface area contributed by atoms with Crippen molar-refractivity contribution in [2.24, 2.45) is 0 Å². The summed E-state index contributed by atoms with van der Waals surface area (Å²) in [6.45, 7) is 5.81. The van der Waals surface area contributed by atoms with E-state index in [0.29, 0.717) is 24.3 Å². The number of nitrogens with one attached hydrogen (secondary N) is 3. The molecule has 4 rings (SSSR count). The van der Waals surface area contributed by atoms with Gasteiger partial charge in [-0.15, -0.1) is 0 Å². The molecule has 1 aliphatic rings. The number of pyridine rings is 1. The number of anilines is 1. The second kappa shape index (κ2) is 9.01. The predicted octanol–water partition coefficient (Wildman–Crippen LogP) is 2.36. The van der Waals surface area contributed by atoms with Gasteiger partial charge in [-0.25, -0.2) is 9.78 Å². The van der Waals surface area contributed by atoms with Crippen LogP contribution in [0.25, 0.3) is 11.0 Å². The number of fused-ring (bicyclic) bond motifs is 1. The SMILES string of the molecule is CCCn1c(=O)[nH]c(=O)c2c(C(=O)NCC(=O)Nc3c(C)cccc3C)cc(C3CC3)nc21. The highest BCUT2D eigenvalue weighted by Crippen LogP contribution is 2.39. The summed E-state index contributed by atoms with van der Waals surface area (Å²) in [7, 11) is 0. The molecular weight excluding hydrogens is 422 g/mol. The van der Waals surface area contributed by atoms with Crippen molar-refractivity contribution >= 4 is 28.5 Å². The van der Waals surface area contributed by atoms with Crippen LogP contribution in [-0.4, -0.2) is 32.9 Å². The molecule has 9 nitrogen and oxygen atoms in total. The number of amides is 2. The lowest BCUT2D eigenvalue weighted by atomic mass is 10.1. The largest absolute Gasteiger partial charge is 0.343 e. The number of carbonyl (C=O) groups is 2. The van der Waals surface area contributed by atoms with Crippen molar-refractivity contribution in [2.45, 2.75) is 52.5 Å². The summed E-state index contributed by atoms with van der Waals surface area (Å²) >= 11 is 0. The summed E-state index contributed by atoms with van der Waals surface area (Å²) < 4.78 is 1.40. The molecular formula is C24H27N5O4. The molecule has 0 aliphatic heterocycles. The Balaban J connectivity index is 1.65. The van der Waals surface area contributed by atoms with E-state index >= 15 is 0 Å². The van der Waals surface area contributed by atoms with Gasteiger partial charge < -0.3 is 10.6 Å². The molecule has 1 fully saturated rings. The third-order valence-corrected chi connectivity index (χ3v) is 5.81. The second-order valence-corrected chi connectivity index (χ2v) is 8.48.